The Labute approximate surface area is 90.8 Å². The third-order valence-electron chi connectivity index (χ3n) is 2.02. The molecular formula is C8H13BrN4O. The molecule has 5 nitrogen and oxygen atoms in total. The van der Waals surface area contributed by atoms with Crippen molar-refractivity contribution < 1.29 is 4.79 Å². The molecule has 0 saturated carbocycles. The summed E-state index contributed by atoms with van der Waals surface area (Å²) >= 11 is 3.25. The van der Waals surface area contributed by atoms with E-state index in [0.29, 0.717) is 5.82 Å². The lowest BCUT2D eigenvalue weighted by molar-refractivity contribution is -0.121. The summed E-state index contributed by atoms with van der Waals surface area (Å²) in [5.74, 6) is 0.447. The van der Waals surface area contributed by atoms with Crippen molar-refractivity contribution in [3.8, 4) is 0 Å². The molecular weight excluding hydrogens is 248 g/mol. The number of anilines is 1. The van der Waals surface area contributed by atoms with Crippen LogP contribution in [0.3, 0.4) is 0 Å². The summed E-state index contributed by atoms with van der Waals surface area (Å²) < 4.78 is 0.734. The highest BCUT2D eigenvalue weighted by Crippen LogP contribution is 2.18. The lowest BCUT2D eigenvalue weighted by atomic mass is 10.1. The van der Waals surface area contributed by atoms with Crippen molar-refractivity contribution in [3.63, 3.8) is 0 Å². The van der Waals surface area contributed by atoms with E-state index in [1.807, 2.05) is 0 Å². The molecule has 1 rings (SSSR count). The highest BCUT2D eigenvalue weighted by Gasteiger charge is 2.25. The molecule has 0 aromatic carbocycles. The summed E-state index contributed by atoms with van der Waals surface area (Å²) in [6.07, 6.45) is 1.59. The van der Waals surface area contributed by atoms with Crippen LogP contribution in [0.1, 0.15) is 13.8 Å². The van der Waals surface area contributed by atoms with Gasteiger partial charge in [-0.15, -0.1) is 0 Å². The molecule has 0 spiro atoms. The number of amides is 1. The summed E-state index contributed by atoms with van der Waals surface area (Å²) in [6, 6.07) is 0. The quantitative estimate of drug-likeness (QED) is 0.763. The number of likely N-dealkylation sites (N-methyl/N-ethyl adjacent to an activating group) is 1. The number of hydrogen-bond donors (Lipinski definition) is 3. The van der Waals surface area contributed by atoms with Gasteiger partial charge in [-0.05, 0) is 36.8 Å². The van der Waals surface area contributed by atoms with Crippen LogP contribution in [-0.2, 0) is 4.79 Å². The Hall–Kier alpha value is -0.880. The summed E-state index contributed by atoms with van der Waals surface area (Å²) in [5, 5.41) is 12.1. The van der Waals surface area contributed by atoms with Gasteiger partial charge in [-0.2, -0.15) is 5.10 Å². The summed E-state index contributed by atoms with van der Waals surface area (Å²) in [7, 11) is 1.74. The van der Waals surface area contributed by atoms with Gasteiger partial charge >= 0.3 is 0 Å². The summed E-state index contributed by atoms with van der Waals surface area (Å²) in [5.41, 5.74) is -0.607. The standard InChI is InChI=1S/C8H13BrN4O/c1-8(2,10-3)7(14)12-6-5(9)4-11-13-6/h4,10H,1-3H3,(H2,11,12,13,14). The van der Waals surface area contributed by atoms with Crippen LogP contribution in [0.2, 0.25) is 0 Å². The number of carbonyl (C=O) groups is 1. The third kappa shape index (κ3) is 2.33. The van der Waals surface area contributed by atoms with Gasteiger partial charge in [0.2, 0.25) is 5.91 Å². The number of hydrogen-bond acceptors (Lipinski definition) is 3. The number of nitrogens with one attached hydrogen (secondary N) is 3. The van der Waals surface area contributed by atoms with Crippen LogP contribution >= 0.6 is 15.9 Å². The van der Waals surface area contributed by atoms with Gasteiger partial charge in [0, 0.05) is 0 Å². The Kier molecular flexibility index (Phi) is 3.28. The first-order valence-corrected chi connectivity index (χ1v) is 4.96. The fourth-order valence-electron chi connectivity index (χ4n) is 0.742. The molecule has 1 heterocycles. The molecule has 0 aliphatic heterocycles. The van der Waals surface area contributed by atoms with E-state index in [1.165, 1.54) is 0 Å². The molecule has 0 radical (unpaired) electrons. The second-order valence-corrected chi connectivity index (χ2v) is 4.28. The predicted molar refractivity (Wildman–Crippen MR) is 58.1 cm³/mol. The van der Waals surface area contributed by atoms with Gasteiger partial charge in [0.1, 0.15) is 5.82 Å². The van der Waals surface area contributed by atoms with E-state index in [9.17, 15) is 4.79 Å². The van der Waals surface area contributed by atoms with Crippen molar-refractivity contribution in [2.75, 3.05) is 12.4 Å². The Morgan fingerprint density at radius 2 is 2.29 bits per heavy atom. The monoisotopic (exact) mass is 260 g/mol. The predicted octanol–water partition coefficient (Wildman–Crippen LogP) is 1.11. The second-order valence-electron chi connectivity index (χ2n) is 3.42. The molecule has 1 aromatic rings. The zero-order chi connectivity index (χ0) is 10.8. The van der Waals surface area contributed by atoms with E-state index in [2.05, 4.69) is 36.8 Å². The second kappa shape index (κ2) is 4.10. The van der Waals surface area contributed by atoms with Crippen molar-refractivity contribution in [2.45, 2.75) is 19.4 Å². The number of rotatable bonds is 3. The molecule has 0 unspecified atom stereocenters. The number of aromatic nitrogens is 2. The molecule has 78 valence electrons. The average Bonchev–Trinajstić information content (AvgIpc) is 2.52. The Bertz CT molecular complexity index is 334. The summed E-state index contributed by atoms with van der Waals surface area (Å²) in [6.45, 7) is 3.60. The van der Waals surface area contributed by atoms with Crippen molar-refractivity contribution >= 4 is 27.7 Å². The van der Waals surface area contributed by atoms with Crippen LogP contribution in [0.15, 0.2) is 10.7 Å². The molecule has 0 aliphatic carbocycles. The highest BCUT2D eigenvalue weighted by atomic mass is 79.9. The van der Waals surface area contributed by atoms with Crippen molar-refractivity contribution in [3.05, 3.63) is 10.7 Å². The topological polar surface area (TPSA) is 69.8 Å². The number of halogens is 1. The molecule has 3 N–H and O–H groups in total. The number of aromatic amines is 1. The Morgan fingerprint density at radius 3 is 2.71 bits per heavy atom. The lowest BCUT2D eigenvalue weighted by Gasteiger charge is -2.22. The van der Waals surface area contributed by atoms with E-state index in [-0.39, 0.29) is 5.91 Å². The van der Waals surface area contributed by atoms with Gasteiger partial charge in [-0.1, -0.05) is 0 Å². The van der Waals surface area contributed by atoms with Crippen LogP contribution < -0.4 is 10.6 Å². The first-order valence-electron chi connectivity index (χ1n) is 4.16. The van der Waals surface area contributed by atoms with Gasteiger partial charge in [-0.3, -0.25) is 9.89 Å². The normalized spacial score (nSPS) is 11.4. The van der Waals surface area contributed by atoms with Crippen molar-refractivity contribution in [1.82, 2.24) is 15.5 Å². The zero-order valence-electron chi connectivity index (χ0n) is 8.31. The maximum absolute atomic E-state index is 11.7. The molecule has 0 saturated heterocycles. The van der Waals surface area contributed by atoms with Crippen molar-refractivity contribution in [2.24, 2.45) is 0 Å². The van der Waals surface area contributed by atoms with Gasteiger partial charge in [-0.25, -0.2) is 0 Å². The van der Waals surface area contributed by atoms with E-state index in [1.54, 1.807) is 27.1 Å². The minimum Gasteiger partial charge on any atom is -0.309 e. The molecule has 1 amide bonds. The minimum atomic E-state index is -0.607. The number of nitrogens with zero attached hydrogens (tertiary/aromatic N) is 1. The average molecular weight is 261 g/mol. The maximum Gasteiger partial charge on any atom is 0.245 e. The molecule has 1 aromatic heterocycles. The van der Waals surface area contributed by atoms with Crippen LogP contribution in [0.4, 0.5) is 5.82 Å². The molecule has 14 heavy (non-hydrogen) atoms. The number of carbonyl (C=O) groups excluding carboxylic acids is 1. The van der Waals surface area contributed by atoms with E-state index in [0.717, 1.165) is 4.47 Å². The summed E-state index contributed by atoms with van der Waals surface area (Å²) in [4.78, 5) is 11.7. The molecule has 6 heteroatoms. The first-order chi connectivity index (χ1) is 6.47. The van der Waals surface area contributed by atoms with Gasteiger partial charge < -0.3 is 10.6 Å². The fourth-order valence-corrected chi connectivity index (χ4v) is 1.03. The SMILES string of the molecule is CNC(C)(C)C(=O)Nc1[nH]ncc1Br. The van der Waals surface area contributed by atoms with Gasteiger partial charge in [0.05, 0.1) is 16.2 Å². The fraction of sp³-hybridized carbons (Fsp3) is 0.500. The van der Waals surface area contributed by atoms with Crippen LogP contribution in [-0.4, -0.2) is 28.7 Å². The van der Waals surface area contributed by atoms with Gasteiger partial charge in [0.25, 0.3) is 0 Å². The van der Waals surface area contributed by atoms with Crippen LogP contribution in [0, 0.1) is 0 Å². The van der Waals surface area contributed by atoms with E-state index < -0.39 is 5.54 Å². The molecule has 0 fully saturated rings. The Morgan fingerprint density at radius 1 is 1.64 bits per heavy atom. The zero-order valence-corrected chi connectivity index (χ0v) is 9.90. The molecule has 0 aliphatic rings. The minimum absolute atomic E-state index is 0.120. The smallest absolute Gasteiger partial charge is 0.245 e. The van der Waals surface area contributed by atoms with Crippen LogP contribution in [0.5, 0.6) is 0 Å². The molecule has 0 atom stereocenters. The molecule has 0 bridgehead atoms. The van der Waals surface area contributed by atoms with Crippen LogP contribution in [0.25, 0.3) is 0 Å². The van der Waals surface area contributed by atoms with Crippen molar-refractivity contribution in [1.29, 1.82) is 0 Å². The third-order valence-corrected chi connectivity index (χ3v) is 2.63. The lowest BCUT2D eigenvalue weighted by Crippen LogP contribution is -2.48. The van der Waals surface area contributed by atoms with Gasteiger partial charge in [0.15, 0.2) is 0 Å². The maximum atomic E-state index is 11.7. The van der Waals surface area contributed by atoms with E-state index >= 15 is 0 Å². The number of H-pyrrole nitrogens is 1. The largest absolute Gasteiger partial charge is 0.309 e. The Balaban J connectivity index is 2.71. The van der Waals surface area contributed by atoms with E-state index in [4.69, 9.17) is 0 Å². The highest BCUT2D eigenvalue weighted by molar-refractivity contribution is 9.10. The first kappa shape index (κ1) is 11.2.